The first kappa shape index (κ1) is 33.9. The molecule has 9 heteroatoms. The van der Waals surface area contributed by atoms with E-state index in [0.717, 1.165) is 30.4 Å². The lowest BCUT2D eigenvalue weighted by Gasteiger charge is -2.34. The summed E-state index contributed by atoms with van der Waals surface area (Å²) >= 11 is 0. The number of hydrogen-bond donors (Lipinski definition) is 3. The highest BCUT2D eigenvalue weighted by Crippen LogP contribution is 2.28. The van der Waals surface area contributed by atoms with Crippen molar-refractivity contribution in [1.82, 2.24) is 10.2 Å². The predicted molar refractivity (Wildman–Crippen MR) is 164 cm³/mol. The summed E-state index contributed by atoms with van der Waals surface area (Å²) in [5.74, 6) is 0.706. The Morgan fingerprint density at radius 2 is 1.62 bits per heavy atom. The van der Waals surface area contributed by atoms with Gasteiger partial charge in [0, 0.05) is 17.8 Å². The van der Waals surface area contributed by atoms with Crippen LogP contribution in [0.15, 0.2) is 42.5 Å². The second kappa shape index (κ2) is 15.6. The summed E-state index contributed by atoms with van der Waals surface area (Å²) in [4.78, 5) is 54.4. The number of ether oxygens (including phenoxy) is 1. The number of aryl methyl sites for hydroxylation is 2. The average molecular weight is 577 g/mol. The van der Waals surface area contributed by atoms with Gasteiger partial charge in [-0.05, 0) is 69.9 Å². The summed E-state index contributed by atoms with van der Waals surface area (Å²) in [7, 11) is 0. The highest BCUT2D eigenvalue weighted by atomic mass is 16.6. The Morgan fingerprint density at radius 1 is 1.00 bits per heavy atom. The van der Waals surface area contributed by atoms with Gasteiger partial charge in [0.15, 0.2) is 0 Å². The van der Waals surface area contributed by atoms with Crippen LogP contribution in [0.2, 0.25) is 0 Å². The number of para-hydroxylation sites is 1. The van der Waals surface area contributed by atoms with Crippen LogP contribution in [-0.2, 0) is 19.1 Å². The molecule has 2 atom stereocenters. The van der Waals surface area contributed by atoms with Gasteiger partial charge in [-0.15, -0.1) is 6.42 Å². The zero-order chi connectivity index (χ0) is 31.4. The minimum Gasteiger partial charge on any atom is -0.444 e. The number of nitrogens with one attached hydrogen (secondary N) is 2. The number of anilines is 1. The van der Waals surface area contributed by atoms with Gasteiger partial charge in [0.25, 0.3) is 5.91 Å². The first-order chi connectivity index (χ1) is 19.8. The minimum absolute atomic E-state index is 0.200. The maximum atomic E-state index is 14.2. The van der Waals surface area contributed by atoms with Crippen LogP contribution in [0.5, 0.6) is 0 Å². The molecule has 42 heavy (non-hydrogen) atoms. The number of carbonyl (C=O) groups excluding carboxylic acids is 4. The molecule has 0 fully saturated rings. The Kier molecular flexibility index (Phi) is 12.6. The fraction of sp³-hybridized carbons (Fsp3) is 0.455. The monoisotopic (exact) mass is 576 g/mol. The number of carbonyl (C=O) groups is 4. The summed E-state index contributed by atoms with van der Waals surface area (Å²) in [6.45, 7) is 11.1. The molecule has 4 N–H and O–H groups in total. The zero-order valence-electron chi connectivity index (χ0n) is 25.6. The Bertz CT molecular complexity index is 1270. The van der Waals surface area contributed by atoms with Crippen LogP contribution in [0.25, 0.3) is 0 Å². The number of nitrogens with two attached hydrogens (primary N) is 1. The zero-order valence-corrected chi connectivity index (χ0v) is 25.6. The lowest BCUT2D eigenvalue weighted by Crippen LogP contribution is -2.53. The molecule has 0 radical (unpaired) electrons. The van der Waals surface area contributed by atoms with Crippen LogP contribution in [0, 0.1) is 26.2 Å². The molecular formula is C33H44N4O5. The van der Waals surface area contributed by atoms with Gasteiger partial charge in [0.1, 0.15) is 17.7 Å². The van der Waals surface area contributed by atoms with E-state index in [0.29, 0.717) is 23.2 Å². The average Bonchev–Trinajstić information content (AvgIpc) is 2.90. The van der Waals surface area contributed by atoms with Crippen molar-refractivity contribution >= 4 is 29.5 Å². The molecule has 0 saturated carbocycles. The molecule has 2 aromatic rings. The molecule has 0 saturated heterocycles. The Morgan fingerprint density at radius 3 is 2.14 bits per heavy atom. The predicted octanol–water partition coefficient (Wildman–Crippen LogP) is 5.14. The van der Waals surface area contributed by atoms with Crippen molar-refractivity contribution in [2.24, 2.45) is 5.73 Å². The number of hydrogen-bond acceptors (Lipinski definition) is 5. The van der Waals surface area contributed by atoms with Crippen molar-refractivity contribution in [3.05, 3.63) is 64.7 Å². The van der Waals surface area contributed by atoms with E-state index < -0.39 is 47.9 Å². The number of amides is 4. The summed E-state index contributed by atoms with van der Waals surface area (Å²) in [6.07, 6.45) is 7.56. The van der Waals surface area contributed by atoms with Crippen LogP contribution in [0.1, 0.15) is 88.1 Å². The highest BCUT2D eigenvalue weighted by Gasteiger charge is 2.37. The van der Waals surface area contributed by atoms with Crippen molar-refractivity contribution in [3.8, 4) is 12.3 Å². The molecule has 0 spiro atoms. The molecule has 2 unspecified atom stereocenters. The smallest absolute Gasteiger partial charge is 0.408 e. The Balaban J connectivity index is 2.61. The second-order valence-electron chi connectivity index (χ2n) is 11.4. The molecule has 0 aromatic heterocycles. The third kappa shape index (κ3) is 10.3. The first-order valence-electron chi connectivity index (χ1n) is 14.3. The van der Waals surface area contributed by atoms with E-state index in [2.05, 4.69) is 23.5 Å². The van der Waals surface area contributed by atoms with Crippen LogP contribution in [0.3, 0.4) is 0 Å². The standard InChI is InChI=1S/C33H44N4O5/c1-8-10-11-12-20-37(31(40)26(21-27(34)38)35-32(41)42-33(5,6)7)29(25-18-16-24(9-2)17-19-25)30(39)36-28-22(3)14-13-15-23(28)4/h2,13-19,26,29H,8,10-12,20-21H2,1,3-7H3,(H2,34,38)(H,35,41)(H,36,39). The lowest BCUT2D eigenvalue weighted by atomic mass is 9.99. The summed E-state index contributed by atoms with van der Waals surface area (Å²) < 4.78 is 5.35. The molecule has 0 aliphatic rings. The number of benzene rings is 2. The SMILES string of the molecule is C#Cc1ccc(C(C(=O)Nc2c(C)cccc2C)N(CCCCCC)C(=O)C(CC(N)=O)NC(=O)OC(C)(C)C)cc1. The summed E-state index contributed by atoms with van der Waals surface area (Å²) in [5, 5.41) is 5.52. The van der Waals surface area contributed by atoms with E-state index in [9.17, 15) is 19.2 Å². The molecule has 4 amide bonds. The number of primary amides is 1. The molecule has 226 valence electrons. The molecule has 0 aliphatic carbocycles. The van der Waals surface area contributed by atoms with Gasteiger partial charge in [0.05, 0.1) is 6.42 Å². The van der Waals surface area contributed by atoms with E-state index >= 15 is 0 Å². The topological polar surface area (TPSA) is 131 Å². The number of terminal acetylenes is 1. The van der Waals surface area contributed by atoms with Crippen LogP contribution < -0.4 is 16.4 Å². The van der Waals surface area contributed by atoms with Gasteiger partial charge in [-0.3, -0.25) is 14.4 Å². The number of unbranched alkanes of at least 4 members (excludes halogenated alkanes) is 3. The maximum Gasteiger partial charge on any atom is 0.408 e. The van der Waals surface area contributed by atoms with Gasteiger partial charge in [-0.2, -0.15) is 0 Å². The lowest BCUT2D eigenvalue weighted by molar-refractivity contribution is -0.142. The summed E-state index contributed by atoms with van der Waals surface area (Å²) in [5.41, 5.74) is 8.17. The van der Waals surface area contributed by atoms with Gasteiger partial charge < -0.3 is 26.0 Å². The fourth-order valence-corrected chi connectivity index (χ4v) is 4.56. The molecule has 0 heterocycles. The van der Waals surface area contributed by atoms with Gasteiger partial charge in [-0.25, -0.2) is 4.79 Å². The molecule has 2 aromatic carbocycles. The van der Waals surface area contributed by atoms with Crippen molar-refractivity contribution < 1.29 is 23.9 Å². The van der Waals surface area contributed by atoms with Crippen molar-refractivity contribution in [1.29, 1.82) is 0 Å². The number of rotatable bonds is 13. The molecule has 2 rings (SSSR count). The molecule has 0 bridgehead atoms. The highest BCUT2D eigenvalue weighted by molar-refractivity contribution is 6.00. The second-order valence-corrected chi connectivity index (χ2v) is 11.4. The molecule has 9 nitrogen and oxygen atoms in total. The van der Waals surface area contributed by atoms with E-state index in [1.54, 1.807) is 45.0 Å². The molecular weight excluding hydrogens is 532 g/mol. The van der Waals surface area contributed by atoms with Gasteiger partial charge in [-0.1, -0.05) is 62.4 Å². The minimum atomic E-state index is -1.34. The number of nitrogens with zero attached hydrogens (tertiary/aromatic N) is 1. The Hall–Kier alpha value is -4.32. The third-order valence-electron chi connectivity index (χ3n) is 6.61. The van der Waals surface area contributed by atoms with E-state index in [1.807, 2.05) is 32.0 Å². The van der Waals surface area contributed by atoms with Gasteiger partial charge in [0.2, 0.25) is 11.8 Å². The fourth-order valence-electron chi connectivity index (χ4n) is 4.56. The van der Waals surface area contributed by atoms with Gasteiger partial charge >= 0.3 is 6.09 Å². The van der Waals surface area contributed by atoms with Crippen LogP contribution >= 0.6 is 0 Å². The van der Waals surface area contributed by atoms with Crippen LogP contribution in [-0.4, -0.2) is 46.9 Å². The van der Waals surface area contributed by atoms with Crippen molar-refractivity contribution in [2.75, 3.05) is 11.9 Å². The molecule has 0 aliphatic heterocycles. The van der Waals surface area contributed by atoms with E-state index in [1.165, 1.54) is 4.90 Å². The third-order valence-corrected chi connectivity index (χ3v) is 6.61. The normalized spacial score (nSPS) is 12.4. The number of alkyl carbamates (subject to hydrolysis) is 1. The first-order valence-corrected chi connectivity index (χ1v) is 14.3. The van der Waals surface area contributed by atoms with Crippen molar-refractivity contribution in [3.63, 3.8) is 0 Å². The van der Waals surface area contributed by atoms with Crippen LogP contribution in [0.4, 0.5) is 10.5 Å². The maximum absolute atomic E-state index is 14.2. The Labute approximate surface area is 249 Å². The largest absolute Gasteiger partial charge is 0.444 e. The van der Waals surface area contributed by atoms with Crippen molar-refractivity contribution in [2.45, 2.75) is 91.3 Å². The van der Waals surface area contributed by atoms with E-state index in [-0.39, 0.29) is 6.54 Å². The van der Waals surface area contributed by atoms with E-state index in [4.69, 9.17) is 16.9 Å². The quantitative estimate of drug-likeness (QED) is 0.224. The summed E-state index contributed by atoms with van der Waals surface area (Å²) in [6, 6.07) is 10.1.